The van der Waals surface area contributed by atoms with Crippen LogP contribution in [-0.2, 0) is 4.79 Å². The number of Topliss-reactive ketones (excluding diaryl/α,β-unsaturated/α-hetero) is 1. The van der Waals surface area contributed by atoms with Crippen LogP contribution in [0.1, 0.15) is 49.4 Å². The molecule has 1 aromatic rings. The predicted octanol–water partition coefficient (Wildman–Crippen LogP) is 3.07. The van der Waals surface area contributed by atoms with E-state index in [1.165, 1.54) is 39.0 Å². The number of benzene rings is 1. The van der Waals surface area contributed by atoms with Crippen molar-refractivity contribution in [3.63, 3.8) is 0 Å². The molecule has 3 rings (SSSR count). The number of amides is 1. The Kier molecular flexibility index (Phi) is 5.58. The van der Waals surface area contributed by atoms with Crippen molar-refractivity contribution >= 4 is 17.4 Å². The first-order valence-corrected chi connectivity index (χ1v) is 8.96. The highest BCUT2D eigenvalue weighted by Crippen LogP contribution is 2.37. The van der Waals surface area contributed by atoms with Gasteiger partial charge in [-0.2, -0.15) is 0 Å². The Bertz CT molecular complexity index is 653. The highest BCUT2D eigenvalue weighted by atomic mass is 16.7. The molecular formula is C19H26N2O4. The molecule has 0 atom stereocenters. The number of nitrogens with one attached hydrogen (secondary N) is 1. The number of hydrogen-bond acceptors (Lipinski definition) is 5. The van der Waals surface area contributed by atoms with E-state index in [2.05, 4.69) is 10.2 Å². The number of rotatable bonds is 6. The van der Waals surface area contributed by atoms with Gasteiger partial charge in [-0.3, -0.25) is 14.5 Å². The molecule has 0 radical (unpaired) electrons. The van der Waals surface area contributed by atoms with Gasteiger partial charge in [-0.05, 0) is 38.8 Å². The summed E-state index contributed by atoms with van der Waals surface area (Å²) in [7, 11) is 1.97. The van der Waals surface area contributed by atoms with Crippen molar-refractivity contribution in [2.24, 2.45) is 5.92 Å². The predicted molar refractivity (Wildman–Crippen MR) is 95.3 cm³/mol. The maximum absolute atomic E-state index is 12.4. The molecule has 6 heteroatoms. The van der Waals surface area contributed by atoms with E-state index in [0.29, 0.717) is 35.2 Å². The van der Waals surface area contributed by atoms with Crippen LogP contribution in [0.4, 0.5) is 5.69 Å². The molecule has 136 valence electrons. The van der Waals surface area contributed by atoms with E-state index in [4.69, 9.17) is 9.47 Å². The van der Waals surface area contributed by atoms with Crippen LogP contribution in [0.5, 0.6) is 11.5 Å². The normalized spacial score (nSPS) is 16.9. The molecule has 2 aliphatic rings. The molecule has 1 aliphatic carbocycles. The zero-order chi connectivity index (χ0) is 17.8. The molecule has 0 saturated heterocycles. The summed E-state index contributed by atoms with van der Waals surface area (Å²) in [6, 6.07) is 3.30. The first-order chi connectivity index (χ1) is 12.0. The molecule has 1 amide bonds. The average Bonchev–Trinajstić information content (AvgIpc) is 3.01. The van der Waals surface area contributed by atoms with Crippen molar-refractivity contribution in [2.75, 3.05) is 32.2 Å². The minimum atomic E-state index is -0.125. The summed E-state index contributed by atoms with van der Waals surface area (Å²) in [5.41, 5.74) is 0.917. The molecule has 6 nitrogen and oxygen atoms in total. The van der Waals surface area contributed by atoms with Crippen LogP contribution in [0.2, 0.25) is 0 Å². The highest BCUT2D eigenvalue weighted by Gasteiger charge is 2.21. The van der Waals surface area contributed by atoms with Crippen LogP contribution < -0.4 is 14.8 Å². The Hall–Kier alpha value is -2.08. The Labute approximate surface area is 148 Å². The van der Waals surface area contributed by atoms with Gasteiger partial charge in [-0.15, -0.1) is 0 Å². The number of ketones is 1. The summed E-state index contributed by atoms with van der Waals surface area (Å²) >= 11 is 0. The van der Waals surface area contributed by atoms with Crippen molar-refractivity contribution in [1.82, 2.24) is 4.90 Å². The Morgan fingerprint density at radius 3 is 2.52 bits per heavy atom. The lowest BCUT2D eigenvalue weighted by molar-refractivity contribution is -0.117. The molecule has 1 saturated carbocycles. The number of hydrogen-bond donors (Lipinski definition) is 1. The van der Waals surface area contributed by atoms with Gasteiger partial charge in [0.25, 0.3) is 0 Å². The Balaban J connectivity index is 1.61. The van der Waals surface area contributed by atoms with Crippen molar-refractivity contribution in [1.29, 1.82) is 0 Å². The highest BCUT2D eigenvalue weighted by molar-refractivity contribution is 6.05. The number of ether oxygens (including phenoxy) is 2. The van der Waals surface area contributed by atoms with Gasteiger partial charge in [0.05, 0.1) is 12.2 Å². The fraction of sp³-hybridized carbons (Fsp3) is 0.579. The van der Waals surface area contributed by atoms with Gasteiger partial charge in [0.15, 0.2) is 17.3 Å². The summed E-state index contributed by atoms with van der Waals surface area (Å²) in [5.74, 6) is 1.53. The van der Waals surface area contributed by atoms with Gasteiger partial charge in [-0.1, -0.05) is 19.3 Å². The van der Waals surface area contributed by atoms with Gasteiger partial charge >= 0.3 is 0 Å². The van der Waals surface area contributed by atoms with Gasteiger partial charge in [-0.25, -0.2) is 0 Å². The minimum Gasteiger partial charge on any atom is -0.454 e. The van der Waals surface area contributed by atoms with E-state index in [-0.39, 0.29) is 18.5 Å². The second kappa shape index (κ2) is 7.87. The Morgan fingerprint density at radius 2 is 1.84 bits per heavy atom. The molecule has 1 aliphatic heterocycles. The molecular weight excluding hydrogens is 320 g/mol. The lowest BCUT2D eigenvalue weighted by Gasteiger charge is -2.26. The van der Waals surface area contributed by atoms with Gasteiger partial charge in [0, 0.05) is 18.2 Å². The van der Waals surface area contributed by atoms with E-state index in [1.807, 2.05) is 7.05 Å². The second-order valence-corrected chi connectivity index (χ2v) is 7.06. The SMILES string of the molecule is CC(=O)c1cc2c(cc1NC(=O)CN(C)CC1CCCCC1)OCO2. The maximum atomic E-state index is 12.4. The molecule has 1 heterocycles. The minimum absolute atomic E-state index is 0.121. The fourth-order valence-corrected chi connectivity index (χ4v) is 3.65. The smallest absolute Gasteiger partial charge is 0.238 e. The molecule has 1 N–H and O–H groups in total. The quantitative estimate of drug-likeness (QED) is 0.802. The molecule has 0 aromatic heterocycles. The lowest BCUT2D eigenvalue weighted by atomic mass is 9.89. The number of nitrogens with zero attached hydrogens (tertiary/aromatic N) is 1. The zero-order valence-electron chi connectivity index (χ0n) is 15.0. The topological polar surface area (TPSA) is 67.9 Å². The molecule has 1 fully saturated rings. The summed E-state index contributed by atoms with van der Waals surface area (Å²) in [5, 5.41) is 2.85. The third-order valence-corrected chi connectivity index (χ3v) is 4.87. The molecule has 1 aromatic carbocycles. The zero-order valence-corrected chi connectivity index (χ0v) is 15.0. The monoisotopic (exact) mass is 346 g/mol. The fourth-order valence-electron chi connectivity index (χ4n) is 3.65. The lowest BCUT2D eigenvalue weighted by Crippen LogP contribution is -2.34. The second-order valence-electron chi connectivity index (χ2n) is 7.06. The summed E-state index contributed by atoms with van der Waals surface area (Å²) in [6.07, 6.45) is 6.43. The molecule has 0 unspecified atom stereocenters. The van der Waals surface area contributed by atoms with Gasteiger partial charge in [0.2, 0.25) is 12.7 Å². The van der Waals surface area contributed by atoms with E-state index < -0.39 is 0 Å². The standard InChI is InChI=1S/C19H26N2O4/c1-13(22)15-8-17-18(25-12-24-17)9-16(15)20-19(23)11-21(2)10-14-6-4-3-5-7-14/h8-9,14H,3-7,10-12H2,1-2H3,(H,20,23). The van der Waals surface area contributed by atoms with E-state index in [1.54, 1.807) is 12.1 Å². The van der Waals surface area contributed by atoms with Crippen LogP contribution in [0.25, 0.3) is 0 Å². The number of carbonyl (C=O) groups excluding carboxylic acids is 2. The van der Waals surface area contributed by atoms with Crippen molar-refractivity contribution in [2.45, 2.75) is 39.0 Å². The number of likely N-dealkylation sites (N-methyl/N-ethyl adjacent to an activating group) is 1. The van der Waals surface area contributed by atoms with Crippen LogP contribution in [0.15, 0.2) is 12.1 Å². The van der Waals surface area contributed by atoms with Crippen molar-refractivity contribution in [3.05, 3.63) is 17.7 Å². The number of anilines is 1. The number of carbonyl (C=O) groups is 2. The maximum Gasteiger partial charge on any atom is 0.238 e. The first-order valence-electron chi connectivity index (χ1n) is 8.96. The van der Waals surface area contributed by atoms with E-state index in [0.717, 1.165) is 6.54 Å². The van der Waals surface area contributed by atoms with E-state index in [9.17, 15) is 9.59 Å². The molecule has 0 bridgehead atoms. The molecule has 0 spiro atoms. The average molecular weight is 346 g/mol. The van der Waals surface area contributed by atoms with E-state index >= 15 is 0 Å². The number of fused-ring (bicyclic) bond motifs is 1. The Morgan fingerprint density at radius 1 is 1.16 bits per heavy atom. The third kappa shape index (κ3) is 4.51. The van der Waals surface area contributed by atoms with Gasteiger partial charge in [0.1, 0.15) is 0 Å². The summed E-state index contributed by atoms with van der Waals surface area (Å²) in [6.45, 7) is 2.85. The molecule has 25 heavy (non-hydrogen) atoms. The summed E-state index contributed by atoms with van der Waals surface area (Å²) in [4.78, 5) is 26.3. The van der Waals surface area contributed by atoms with Crippen molar-refractivity contribution < 1.29 is 19.1 Å². The van der Waals surface area contributed by atoms with Crippen LogP contribution >= 0.6 is 0 Å². The van der Waals surface area contributed by atoms with Crippen LogP contribution in [0, 0.1) is 5.92 Å². The van der Waals surface area contributed by atoms with Crippen LogP contribution in [0.3, 0.4) is 0 Å². The van der Waals surface area contributed by atoms with Gasteiger partial charge < -0.3 is 14.8 Å². The van der Waals surface area contributed by atoms with Crippen LogP contribution in [-0.4, -0.2) is 43.5 Å². The van der Waals surface area contributed by atoms with Crippen molar-refractivity contribution in [3.8, 4) is 11.5 Å². The largest absolute Gasteiger partial charge is 0.454 e. The third-order valence-electron chi connectivity index (χ3n) is 4.87. The summed E-state index contributed by atoms with van der Waals surface area (Å²) < 4.78 is 10.6. The first kappa shape index (κ1) is 17.7.